The minimum atomic E-state index is -0.620. The van der Waals surface area contributed by atoms with E-state index in [4.69, 9.17) is 4.74 Å². The summed E-state index contributed by atoms with van der Waals surface area (Å²) in [4.78, 5) is 47.2. The third kappa shape index (κ3) is 4.40. The lowest BCUT2D eigenvalue weighted by Crippen LogP contribution is -2.27. The highest BCUT2D eigenvalue weighted by molar-refractivity contribution is 5.97. The number of amides is 1. The zero-order valence-corrected chi connectivity index (χ0v) is 15.8. The number of pyridine rings is 1. The lowest BCUT2D eigenvalue weighted by molar-refractivity contribution is 0.00679. The van der Waals surface area contributed by atoms with Crippen molar-refractivity contribution in [1.29, 1.82) is 0 Å². The second kappa shape index (κ2) is 7.59. The van der Waals surface area contributed by atoms with Gasteiger partial charge in [0.05, 0.1) is 22.8 Å². The van der Waals surface area contributed by atoms with E-state index in [1.54, 1.807) is 45.0 Å². The first-order valence-corrected chi connectivity index (χ1v) is 8.67. The Morgan fingerprint density at radius 1 is 1.18 bits per heavy atom. The highest BCUT2D eigenvalue weighted by atomic mass is 16.6. The minimum Gasteiger partial charge on any atom is -0.456 e. The number of hydrogen-bond acceptors (Lipinski definition) is 6. The third-order valence-electron chi connectivity index (χ3n) is 3.83. The third-order valence-corrected chi connectivity index (χ3v) is 3.83. The van der Waals surface area contributed by atoms with E-state index in [2.05, 4.69) is 20.3 Å². The maximum Gasteiger partial charge on any atom is 0.338 e. The number of H-pyrrole nitrogens is 1. The molecule has 144 valence electrons. The maximum atomic E-state index is 12.5. The van der Waals surface area contributed by atoms with Crippen molar-refractivity contribution >= 4 is 22.9 Å². The van der Waals surface area contributed by atoms with E-state index in [0.717, 1.165) is 0 Å². The van der Waals surface area contributed by atoms with Crippen molar-refractivity contribution < 1.29 is 14.3 Å². The molecule has 0 unspecified atom stereocenters. The van der Waals surface area contributed by atoms with Crippen molar-refractivity contribution in [3.05, 3.63) is 69.9 Å². The summed E-state index contributed by atoms with van der Waals surface area (Å²) in [5.41, 5.74) is 0.498. The van der Waals surface area contributed by atoms with Crippen LogP contribution in [0.3, 0.4) is 0 Å². The molecule has 0 atom stereocenters. The van der Waals surface area contributed by atoms with Gasteiger partial charge in [-0.3, -0.25) is 9.59 Å². The Morgan fingerprint density at radius 3 is 2.68 bits per heavy atom. The van der Waals surface area contributed by atoms with E-state index < -0.39 is 17.5 Å². The number of esters is 1. The second-order valence-electron chi connectivity index (χ2n) is 7.17. The smallest absolute Gasteiger partial charge is 0.338 e. The Hall–Kier alpha value is -3.55. The minimum absolute atomic E-state index is 0.121. The molecule has 0 aliphatic rings. The Bertz CT molecular complexity index is 1100. The molecule has 0 saturated heterocycles. The summed E-state index contributed by atoms with van der Waals surface area (Å²) in [5, 5.41) is 2.96. The second-order valence-corrected chi connectivity index (χ2v) is 7.17. The van der Waals surface area contributed by atoms with E-state index in [-0.39, 0.29) is 28.7 Å². The van der Waals surface area contributed by atoms with Crippen molar-refractivity contribution in [2.45, 2.75) is 32.9 Å². The predicted octanol–water partition coefficient (Wildman–Crippen LogP) is 2.20. The van der Waals surface area contributed by atoms with Gasteiger partial charge >= 0.3 is 5.97 Å². The Balaban J connectivity index is 1.78. The molecule has 28 heavy (non-hydrogen) atoms. The van der Waals surface area contributed by atoms with Gasteiger partial charge in [-0.2, -0.15) is 0 Å². The number of carbonyl (C=O) groups is 2. The lowest BCUT2D eigenvalue weighted by Gasteiger charge is -2.20. The van der Waals surface area contributed by atoms with Gasteiger partial charge in [-0.1, -0.05) is 18.2 Å². The molecule has 2 N–H and O–H groups in total. The van der Waals surface area contributed by atoms with Crippen molar-refractivity contribution in [2.24, 2.45) is 0 Å². The number of nitrogens with zero attached hydrogens (tertiary/aromatic N) is 2. The van der Waals surface area contributed by atoms with Crippen molar-refractivity contribution in [1.82, 2.24) is 20.3 Å². The summed E-state index contributed by atoms with van der Waals surface area (Å²) in [7, 11) is 0. The molecule has 1 amide bonds. The summed E-state index contributed by atoms with van der Waals surface area (Å²) in [6.07, 6.45) is 2.61. The Labute approximate surface area is 161 Å². The van der Waals surface area contributed by atoms with Crippen molar-refractivity contribution in [3.8, 4) is 0 Å². The van der Waals surface area contributed by atoms with E-state index in [1.807, 2.05) is 0 Å². The number of benzene rings is 1. The summed E-state index contributed by atoms with van der Waals surface area (Å²) in [6, 6.07) is 8.34. The molecule has 0 fully saturated rings. The quantitative estimate of drug-likeness (QED) is 0.671. The number of nitrogens with one attached hydrogen (secondary N) is 2. The molecule has 0 aliphatic heterocycles. The summed E-state index contributed by atoms with van der Waals surface area (Å²) in [5.74, 6) is -0.876. The lowest BCUT2D eigenvalue weighted by atomic mass is 10.1. The van der Waals surface area contributed by atoms with Gasteiger partial charge in [0.2, 0.25) is 0 Å². The molecule has 3 aromatic rings. The van der Waals surface area contributed by atoms with Crippen LogP contribution in [-0.2, 0) is 11.3 Å². The first-order valence-electron chi connectivity index (χ1n) is 8.67. The number of hydrogen-bond donors (Lipinski definition) is 2. The van der Waals surface area contributed by atoms with Crippen molar-refractivity contribution in [2.75, 3.05) is 0 Å². The number of ether oxygens (including phenoxy) is 1. The molecule has 1 aromatic carbocycles. The van der Waals surface area contributed by atoms with Crippen LogP contribution in [0.4, 0.5) is 0 Å². The van der Waals surface area contributed by atoms with Gasteiger partial charge in [0, 0.05) is 12.7 Å². The molecular formula is C20H20N4O4. The van der Waals surface area contributed by atoms with E-state index in [1.165, 1.54) is 18.6 Å². The standard InChI is InChI=1S/C20H20N4O4/c1-20(2,3)28-19(27)14-7-5-4-6-12(14)9-22-17(25)13-8-15-16(21-10-13)23-11-24-18(15)26/h4-8,10-11H,9H2,1-3H3,(H,22,25)(H,21,23,24,26). The van der Waals surface area contributed by atoms with Gasteiger partial charge in [-0.25, -0.2) is 14.8 Å². The molecule has 0 radical (unpaired) electrons. The highest BCUT2D eigenvalue weighted by Gasteiger charge is 2.20. The van der Waals surface area contributed by atoms with Crippen LogP contribution in [0.5, 0.6) is 0 Å². The highest BCUT2D eigenvalue weighted by Crippen LogP contribution is 2.16. The molecule has 8 nitrogen and oxygen atoms in total. The normalized spacial score (nSPS) is 11.2. The van der Waals surface area contributed by atoms with Gasteiger partial charge < -0.3 is 15.0 Å². The number of fused-ring (bicyclic) bond motifs is 1. The monoisotopic (exact) mass is 380 g/mol. The fourth-order valence-corrected chi connectivity index (χ4v) is 2.57. The fourth-order valence-electron chi connectivity index (χ4n) is 2.57. The average Bonchev–Trinajstić information content (AvgIpc) is 2.65. The summed E-state index contributed by atoms with van der Waals surface area (Å²) in [6.45, 7) is 5.49. The first-order chi connectivity index (χ1) is 13.2. The van der Waals surface area contributed by atoms with Crippen molar-refractivity contribution in [3.63, 3.8) is 0 Å². The summed E-state index contributed by atoms with van der Waals surface area (Å²) < 4.78 is 5.41. The number of carbonyl (C=O) groups excluding carboxylic acids is 2. The largest absolute Gasteiger partial charge is 0.456 e. The predicted molar refractivity (Wildman–Crippen MR) is 103 cm³/mol. The molecule has 0 saturated carbocycles. The molecular weight excluding hydrogens is 360 g/mol. The Kier molecular flexibility index (Phi) is 5.21. The van der Waals surface area contributed by atoms with Crippen LogP contribution in [0.2, 0.25) is 0 Å². The summed E-state index contributed by atoms with van der Waals surface area (Å²) >= 11 is 0. The van der Waals surface area contributed by atoms with E-state index >= 15 is 0 Å². The molecule has 8 heteroatoms. The average molecular weight is 380 g/mol. The molecule has 3 rings (SSSR count). The molecule has 0 spiro atoms. The van der Waals surface area contributed by atoms with E-state index in [0.29, 0.717) is 11.1 Å². The number of aromatic amines is 1. The van der Waals surface area contributed by atoms with Crippen LogP contribution in [0.25, 0.3) is 11.0 Å². The number of aromatic nitrogens is 3. The van der Waals surface area contributed by atoms with Crippen LogP contribution < -0.4 is 10.9 Å². The zero-order valence-electron chi connectivity index (χ0n) is 15.8. The van der Waals surface area contributed by atoms with Crippen LogP contribution in [-0.4, -0.2) is 32.4 Å². The van der Waals surface area contributed by atoms with Gasteiger partial charge in [0.15, 0.2) is 5.65 Å². The molecule has 0 bridgehead atoms. The molecule has 2 aromatic heterocycles. The van der Waals surface area contributed by atoms with Crippen LogP contribution >= 0.6 is 0 Å². The SMILES string of the molecule is CC(C)(C)OC(=O)c1ccccc1CNC(=O)c1cnc2nc[nH]c(=O)c2c1. The first kappa shape index (κ1) is 19.2. The van der Waals surface area contributed by atoms with Gasteiger partial charge in [0.1, 0.15) is 5.60 Å². The van der Waals surface area contributed by atoms with Gasteiger partial charge in [-0.15, -0.1) is 0 Å². The maximum absolute atomic E-state index is 12.5. The van der Waals surface area contributed by atoms with Gasteiger partial charge in [-0.05, 0) is 38.5 Å². The zero-order chi connectivity index (χ0) is 20.3. The van der Waals surface area contributed by atoms with Crippen LogP contribution in [0, 0.1) is 0 Å². The topological polar surface area (TPSA) is 114 Å². The fraction of sp³-hybridized carbons (Fsp3) is 0.250. The van der Waals surface area contributed by atoms with Crippen LogP contribution in [0.15, 0.2) is 47.7 Å². The molecule has 2 heterocycles. The van der Waals surface area contributed by atoms with Crippen LogP contribution in [0.1, 0.15) is 47.1 Å². The molecule has 0 aliphatic carbocycles. The Morgan fingerprint density at radius 2 is 1.93 bits per heavy atom. The van der Waals surface area contributed by atoms with E-state index in [9.17, 15) is 14.4 Å². The number of rotatable bonds is 4. The van der Waals surface area contributed by atoms with Gasteiger partial charge in [0.25, 0.3) is 11.5 Å².